The molecule has 4 aromatic rings. The van der Waals surface area contributed by atoms with Crippen molar-refractivity contribution < 1.29 is 14.0 Å². The van der Waals surface area contributed by atoms with Gasteiger partial charge in [0.05, 0.1) is 26.6 Å². The largest absolute Gasteiger partial charge is 0.301 e. The maximum absolute atomic E-state index is 13.8. The van der Waals surface area contributed by atoms with Gasteiger partial charge >= 0.3 is 0 Å². The molecule has 0 aliphatic heterocycles. The number of thioether (sulfide) groups is 1. The number of fused-ring (bicyclic) bond motifs is 1. The molecule has 2 N–H and O–H groups in total. The van der Waals surface area contributed by atoms with Gasteiger partial charge in [-0.05, 0) is 24.3 Å². The molecule has 0 fully saturated rings. The number of carbonyl (C=O) groups is 2. The Bertz CT molecular complexity index is 1190. The number of carbonyl (C=O) groups excluding carboxylic acids is 2. The van der Waals surface area contributed by atoms with Crippen LogP contribution in [0, 0.1) is 5.82 Å². The van der Waals surface area contributed by atoms with Crippen molar-refractivity contribution in [2.24, 2.45) is 0 Å². The Morgan fingerprint density at radius 1 is 1.03 bits per heavy atom. The lowest BCUT2D eigenvalue weighted by Crippen LogP contribution is -2.14. The summed E-state index contributed by atoms with van der Waals surface area (Å²) in [4.78, 5) is 28.8. The van der Waals surface area contributed by atoms with Gasteiger partial charge in [0.2, 0.25) is 11.0 Å². The molecule has 12 heteroatoms. The van der Waals surface area contributed by atoms with E-state index in [1.807, 2.05) is 24.3 Å². The van der Waals surface area contributed by atoms with Gasteiger partial charge in [0.25, 0.3) is 5.91 Å². The van der Waals surface area contributed by atoms with Gasteiger partial charge in [-0.15, -0.1) is 10.2 Å². The molecule has 0 saturated heterocycles. The van der Waals surface area contributed by atoms with Crippen molar-refractivity contribution in [3.8, 4) is 0 Å². The lowest BCUT2D eigenvalue weighted by Gasteiger charge is -2.04. The van der Waals surface area contributed by atoms with Crippen LogP contribution >= 0.6 is 46.0 Å². The first kappa shape index (κ1) is 20.7. The third-order valence-electron chi connectivity index (χ3n) is 3.68. The van der Waals surface area contributed by atoms with Crippen LogP contribution in [0.25, 0.3) is 10.2 Å². The number of nitrogens with one attached hydrogen (secondary N) is 2. The van der Waals surface area contributed by atoms with E-state index in [-0.39, 0.29) is 27.4 Å². The molecule has 152 valence electrons. The van der Waals surface area contributed by atoms with E-state index in [1.54, 1.807) is 0 Å². The highest BCUT2D eigenvalue weighted by atomic mass is 35.5. The molecule has 0 spiro atoms. The van der Waals surface area contributed by atoms with E-state index < -0.39 is 11.7 Å². The fraction of sp³-hybridized carbons (Fsp3) is 0.0556. The maximum Gasteiger partial charge on any atom is 0.261 e. The quantitative estimate of drug-likeness (QED) is 0.301. The monoisotopic (exact) mass is 479 g/mol. The number of halogens is 2. The van der Waals surface area contributed by atoms with Gasteiger partial charge in [-0.1, -0.05) is 64.2 Å². The highest BCUT2D eigenvalue weighted by Crippen LogP contribution is 2.28. The van der Waals surface area contributed by atoms with Gasteiger partial charge in [0.1, 0.15) is 5.82 Å². The first-order valence-corrected chi connectivity index (χ1v) is 11.4. The summed E-state index contributed by atoms with van der Waals surface area (Å²) in [5.41, 5.74) is 0.559. The van der Waals surface area contributed by atoms with E-state index in [0.717, 1.165) is 39.4 Å². The molecule has 30 heavy (non-hydrogen) atoms. The summed E-state index contributed by atoms with van der Waals surface area (Å²) in [5.74, 6) is -1.60. The second kappa shape index (κ2) is 9.04. The summed E-state index contributed by atoms with van der Waals surface area (Å²) >= 11 is 9.51. The van der Waals surface area contributed by atoms with Crippen molar-refractivity contribution in [3.63, 3.8) is 0 Å². The summed E-state index contributed by atoms with van der Waals surface area (Å²) in [6.07, 6.45) is 0. The molecule has 0 atom stereocenters. The topological polar surface area (TPSA) is 96.9 Å². The summed E-state index contributed by atoms with van der Waals surface area (Å²) in [7, 11) is 0. The lowest BCUT2D eigenvalue weighted by molar-refractivity contribution is -0.113. The van der Waals surface area contributed by atoms with Crippen LogP contribution in [0.15, 0.2) is 46.8 Å². The third kappa shape index (κ3) is 4.75. The van der Waals surface area contributed by atoms with Crippen molar-refractivity contribution in [2.45, 2.75) is 4.34 Å². The molecule has 7 nitrogen and oxygen atoms in total. The van der Waals surface area contributed by atoms with Crippen LogP contribution in [-0.2, 0) is 4.79 Å². The number of amides is 2. The molecule has 0 bridgehead atoms. The Morgan fingerprint density at radius 2 is 1.87 bits per heavy atom. The second-order valence-corrected chi connectivity index (χ2v) is 9.39. The molecule has 0 saturated carbocycles. The number of hydrogen-bond acceptors (Lipinski definition) is 8. The van der Waals surface area contributed by atoms with Crippen molar-refractivity contribution in [3.05, 3.63) is 58.9 Å². The van der Waals surface area contributed by atoms with Crippen LogP contribution in [0.5, 0.6) is 0 Å². The molecule has 2 aromatic carbocycles. The van der Waals surface area contributed by atoms with Crippen molar-refractivity contribution >= 4 is 78.3 Å². The summed E-state index contributed by atoms with van der Waals surface area (Å²) in [6, 6.07) is 11.6. The molecule has 0 aliphatic carbocycles. The van der Waals surface area contributed by atoms with E-state index in [9.17, 15) is 14.0 Å². The highest BCUT2D eigenvalue weighted by Gasteiger charge is 2.18. The zero-order chi connectivity index (χ0) is 21.1. The fourth-order valence-electron chi connectivity index (χ4n) is 2.40. The fourth-order valence-corrected chi connectivity index (χ4v) is 5.08. The van der Waals surface area contributed by atoms with Gasteiger partial charge in [-0.25, -0.2) is 9.37 Å². The Balaban J connectivity index is 1.33. The van der Waals surface area contributed by atoms with Crippen molar-refractivity contribution in [1.29, 1.82) is 0 Å². The van der Waals surface area contributed by atoms with Crippen LogP contribution in [0.1, 0.15) is 10.4 Å². The predicted octanol–water partition coefficient (Wildman–Crippen LogP) is 4.92. The summed E-state index contributed by atoms with van der Waals surface area (Å²) in [6.45, 7) is 0. The minimum atomic E-state index is -0.731. The van der Waals surface area contributed by atoms with Crippen LogP contribution < -0.4 is 10.6 Å². The number of anilines is 2. The predicted molar refractivity (Wildman–Crippen MR) is 118 cm³/mol. The second-order valence-electron chi connectivity index (χ2n) is 5.75. The SMILES string of the molecule is O=C(CSc1nnc(NC(=O)c2c(F)cccc2Cl)s1)Nc1nc2ccccc2s1. The highest BCUT2D eigenvalue weighted by molar-refractivity contribution is 8.01. The van der Waals surface area contributed by atoms with Crippen LogP contribution in [0.4, 0.5) is 14.7 Å². The summed E-state index contributed by atoms with van der Waals surface area (Å²) in [5, 5.41) is 13.7. The molecule has 2 amide bonds. The molecular weight excluding hydrogens is 469 g/mol. The molecule has 4 rings (SSSR count). The first-order chi connectivity index (χ1) is 14.5. The molecule has 0 unspecified atom stereocenters. The number of nitrogens with zero attached hydrogens (tertiary/aromatic N) is 3. The first-order valence-electron chi connectivity index (χ1n) is 8.36. The molecule has 0 aliphatic rings. The van der Waals surface area contributed by atoms with E-state index >= 15 is 0 Å². The number of para-hydroxylation sites is 1. The van der Waals surface area contributed by atoms with Gasteiger partial charge in [-0.2, -0.15) is 0 Å². The summed E-state index contributed by atoms with van der Waals surface area (Å²) < 4.78 is 15.3. The Morgan fingerprint density at radius 3 is 2.67 bits per heavy atom. The lowest BCUT2D eigenvalue weighted by atomic mass is 10.2. The van der Waals surface area contributed by atoms with E-state index in [2.05, 4.69) is 25.8 Å². The van der Waals surface area contributed by atoms with E-state index in [0.29, 0.717) is 9.47 Å². The van der Waals surface area contributed by atoms with E-state index in [4.69, 9.17) is 11.6 Å². The van der Waals surface area contributed by atoms with Gasteiger partial charge in [0, 0.05) is 0 Å². The van der Waals surface area contributed by atoms with Crippen molar-refractivity contribution in [2.75, 3.05) is 16.4 Å². The van der Waals surface area contributed by atoms with Gasteiger partial charge < -0.3 is 5.32 Å². The minimum Gasteiger partial charge on any atom is -0.301 e. The molecule has 2 heterocycles. The van der Waals surface area contributed by atoms with Gasteiger partial charge in [-0.3, -0.25) is 14.9 Å². The molecular formula is C18H11ClFN5O2S3. The number of benzene rings is 2. The maximum atomic E-state index is 13.8. The Hall–Kier alpha value is -2.60. The van der Waals surface area contributed by atoms with Crippen molar-refractivity contribution in [1.82, 2.24) is 15.2 Å². The zero-order valence-corrected chi connectivity index (χ0v) is 18.1. The smallest absolute Gasteiger partial charge is 0.261 e. The van der Waals surface area contributed by atoms with Crippen LogP contribution in [0.3, 0.4) is 0 Å². The van der Waals surface area contributed by atoms with E-state index in [1.165, 1.54) is 23.5 Å². The standard InChI is InChI=1S/C18H11ClFN5O2S3/c19-9-4-3-5-10(20)14(9)15(27)23-17-24-25-18(30-17)28-8-13(26)22-16-21-11-6-1-2-7-12(11)29-16/h1-7H,8H2,(H,21,22,26)(H,23,24,27). The number of thiazole rings is 1. The third-order valence-corrected chi connectivity index (χ3v) is 6.92. The van der Waals surface area contributed by atoms with Gasteiger partial charge in [0.15, 0.2) is 9.47 Å². The number of aromatic nitrogens is 3. The average Bonchev–Trinajstić information content (AvgIpc) is 3.32. The molecule has 2 aromatic heterocycles. The molecule has 0 radical (unpaired) electrons. The number of hydrogen-bond donors (Lipinski definition) is 2. The van der Waals surface area contributed by atoms with Crippen LogP contribution in [-0.4, -0.2) is 32.7 Å². The minimum absolute atomic E-state index is 0.00173. The number of rotatable bonds is 6. The average molecular weight is 480 g/mol. The Kier molecular flexibility index (Phi) is 6.23. The normalized spacial score (nSPS) is 10.9. The Labute approximate surface area is 186 Å². The van der Waals surface area contributed by atoms with Crippen LogP contribution in [0.2, 0.25) is 5.02 Å². The zero-order valence-electron chi connectivity index (χ0n) is 14.9.